The lowest BCUT2D eigenvalue weighted by Gasteiger charge is -2.22. The van der Waals surface area contributed by atoms with Gasteiger partial charge in [0.25, 0.3) is 0 Å². The van der Waals surface area contributed by atoms with Crippen molar-refractivity contribution in [1.82, 2.24) is 5.32 Å². The monoisotopic (exact) mass is 337 g/mol. The van der Waals surface area contributed by atoms with Gasteiger partial charge in [-0.25, -0.2) is 0 Å². The molecule has 6 heteroatoms. The fourth-order valence-electron chi connectivity index (χ4n) is 2.13. The average molecular weight is 338 g/mol. The quantitative estimate of drug-likeness (QED) is 0.847. The molecule has 0 spiro atoms. The molecule has 116 valence electrons. The molecule has 2 unspecified atom stereocenters. The molecule has 0 aliphatic carbocycles. The van der Waals surface area contributed by atoms with Crippen LogP contribution < -0.4 is 5.32 Å². The normalized spacial score (nSPS) is 13.4. The Morgan fingerprint density at radius 3 is 2.45 bits per heavy atom. The Kier molecular flexibility index (Phi) is 5.57. The molecular weight excluding hydrogens is 322 g/mol. The molecule has 2 aromatic rings. The standard InChI is InChI=1S/C16H16ClNO3S/c1-10(16(20)21)15(11-5-3-2-4-6-11)18-14(19)9-12-7-8-13(17)22-12/h2-8,10,15H,9H2,1H3,(H,18,19)(H,20,21). The lowest BCUT2D eigenvalue weighted by molar-refractivity contribution is -0.142. The van der Waals surface area contributed by atoms with E-state index >= 15 is 0 Å². The number of benzene rings is 1. The van der Waals surface area contributed by atoms with Gasteiger partial charge in [0.1, 0.15) is 0 Å². The molecule has 0 bridgehead atoms. The third kappa shape index (κ3) is 4.32. The van der Waals surface area contributed by atoms with Gasteiger partial charge in [-0.3, -0.25) is 9.59 Å². The minimum atomic E-state index is -0.951. The third-order valence-electron chi connectivity index (χ3n) is 3.33. The molecule has 1 heterocycles. The van der Waals surface area contributed by atoms with Crippen LogP contribution in [-0.4, -0.2) is 17.0 Å². The van der Waals surface area contributed by atoms with Crippen LogP contribution in [0.1, 0.15) is 23.4 Å². The SMILES string of the molecule is CC(C(=O)O)C(NC(=O)Cc1ccc(Cl)s1)c1ccccc1. The first-order valence-corrected chi connectivity index (χ1v) is 7.98. The van der Waals surface area contributed by atoms with E-state index in [-0.39, 0.29) is 12.3 Å². The van der Waals surface area contributed by atoms with E-state index in [4.69, 9.17) is 11.6 Å². The highest BCUT2D eigenvalue weighted by Crippen LogP contribution is 2.24. The molecule has 1 amide bonds. The van der Waals surface area contributed by atoms with Crippen LogP contribution in [0.5, 0.6) is 0 Å². The van der Waals surface area contributed by atoms with E-state index in [1.165, 1.54) is 11.3 Å². The van der Waals surface area contributed by atoms with Crippen LogP contribution in [0.25, 0.3) is 0 Å². The van der Waals surface area contributed by atoms with E-state index in [0.29, 0.717) is 4.34 Å². The first-order valence-electron chi connectivity index (χ1n) is 6.78. The van der Waals surface area contributed by atoms with E-state index in [9.17, 15) is 14.7 Å². The predicted molar refractivity (Wildman–Crippen MR) is 87.2 cm³/mol. The number of halogens is 1. The molecule has 2 atom stereocenters. The number of carboxylic acid groups (broad SMARTS) is 1. The third-order valence-corrected chi connectivity index (χ3v) is 4.56. The molecule has 0 fully saturated rings. The van der Waals surface area contributed by atoms with Gasteiger partial charge in [0.15, 0.2) is 0 Å². The first kappa shape index (κ1) is 16.5. The van der Waals surface area contributed by atoms with Crippen LogP contribution in [-0.2, 0) is 16.0 Å². The topological polar surface area (TPSA) is 66.4 Å². The van der Waals surface area contributed by atoms with Crippen molar-refractivity contribution in [2.24, 2.45) is 5.92 Å². The van der Waals surface area contributed by atoms with Gasteiger partial charge in [-0.2, -0.15) is 0 Å². The molecule has 0 radical (unpaired) electrons. The molecule has 0 aliphatic heterocycles. The summed E-state index contributed by atoms with van der Waals surface area (Å²) in [5.74, 6) is -1.90. The maximum atomic E-state index is 12.2. The summed E-state index contributed by atoms with van der Waals surface area (Å²) >= 11 is 7.19. The fraction of sp³-hybridized carbons (Fsp3) is 0.250. The summed E-state index contributed by atoms with van der Waals surface area (Å²) < 4.78 is 0.626. The van der Waals surface area contributed by atoms with Gasteiger partial charge in [-0.15, -0.1) is 11.3 Å². The van der Waals surface area contributed by atoms with Gasteiger partial charge in [0.2, 0.25) is 5.91 Å². The minimum absolute atomic E-state index is 0.188. The Bertz CT molecular complexity index is 656. The summed E-state index contributed by atoms with van der Waals surface area (Å²) in [7, 11) is 0. The Morgan fingerprint density at radius 1 is 1.23 bits per heavy atom. The summed E-state index contributed by atoms with van der Waals surface area (Å²) in [6, 6.07) is 12.1. The van der Waals surface area contributed by atoms with Crippen LogP contribution in [0.15, 0.2) is 42.5 Å². The van der Waals surface area contributed by atoms with Crippen LogP contribution in [0, 0.1) is 5.92 Å². The van der Waals surface area contributed by atoms with Crippen molar-refractivity contribution in [3.8, 4) is 0 Å². The summed E-state index contributed by atoms with van der Waals surface area (Å²) in [5.41, 5.74) is 0.773. The molecule has 22 heavy (non-hydrogen) atoms. The molecule has 0 saturated carbocycles. The van der Waals surface area contributed by atoms with Crippen LogP contribution in [0.3, 0.4) is 0 Å². The van der Waals surface area contributed by atoms with E-state index in [1.807, 2.05) is 30.3 Å². The van der Waals surface area contributed by atoms with Gasteiger partial charge in [-0.05, 0) is 24.6 Å². The number of hydrogen-bond donors (Lipinski definition) is 2. The van der Waals surface area contributed by atoms with Crippen molar-refractivity contribution in [1.29, 1.82) is 0 Å². The zero-order chi connectivity index (χ0) is 16.1. The van der Waals surface area contributed by atoms with Gasteiger partial charge >= 0.3 is 5.97 Å². The smallest absolute Gasteiger partial charge is 0.308 e. The highest BCUT2D eigenvalue weighted by molar-refractivity contribution is 7.16. The lowest BCUT2D eigenvalue weighted by atomic mass is 9.94. The predicted octanol–water partition coefficient (Wildman–Crippen LogP) is 3.52. The highest BCUT2D eigenvalue weighted by atomic mass is 35.5. The summed E-state index contributed by atoms with van der Waals surface area (Å²) in [4.78, 5) is 24.3. The van der Waals surface area contributed by atoms with Crippen molar-refractivity contribution in [3.05, 3.63) is 57.2 Å². The second-order valence-electron chi connectivity index (χ2n) is 4.97. The second-order valence-corrected chi connectivity index (χ2v) is 6.77. The van der Waals surface area contributed by atoms with Crippen molar-refractivity contribution in [3.63, 3.8) is 0 Å². The summed E-state index contributed by atoms with van der Waals surface area (Å²) in [6.45, 7) is 1.59. The number of nitrogens with one attached hydrogen (secondary N) is 1. The van der Waals surface area contributed by atoms with E-state index < -0.39 is 17.9 Å². The number of hydrogen-bond acceptors (Lipinski definition) is 3. The van der Waals surface area contributed by atoms with E-state index in [2.05, 4.69) is 5.32 Å². The zero-order valence-electron chi connectivity index (χ0n) is 12.0. The van der Waals surface area contributed by atoms with Gasteiger partial charge in [0.05, 0.1) is 22.7 Å². The number of amides is 1. The van der Waals surface area contributed by atoms with Gasteiger partial charge in [0, 0.05) is 4.88 Å². The second kappa shape index (κ2) is 7.42. The molecule has 2 rings (SSSR count). The number of carbonyl (C=O) groups is 2. The summed E-state index contributed by atoms with van der Waals surface area (Å²) in [6.07, 6.45) is 0.188. The molecule has 1 aromatic heterocycles. The fourth-order valence-corrected chi connectivity index (χ4v) is 3.22. The first-order chi connectivity index (χ1) is 10.5. The molecule has 0 saturated heterocycles. The molecule has 0 aliphatic rings. The van der Waals surface area contributed by atoms with Crippen molar-refractivity contribution in [2.45, 2.75) is 19.4 Å². The molecule has 2 N–H and O–H groups in total. The number of carboxylic acids is 1. The zero-order valence-corrected chi connectivity index (χ0v) is 13.5. The Labute approximate surface area is 137 Å². The van der Waals surface area contributed by atoms with Gasteiger partial charge in [-0.1, -0.05) is 41.9 Å². The van der Waals surface area contributed by atoms with Crippen molar-refractivity contribution in [2.75, 3.05) is 0 Å². The average Bonchev–Trinajstić information content (AvgIpc) is 2.90. The Balaban J connectivity index is 2.12. The summed E-state index contributed by atoms with van der Waals surface area (Å²) in [5, 5.41) is 12.1. The molecule has 1 aromatic carbocycles. The van der Waals surface area contributed by atoms with Crippen molar-refractivity contribution >= 4 is 34.8 Å². The lowest BCUT2D eigenvalue weighted by Crippen LogP contribution is -2.36. The highest BCUT2D eigenvalue weighted by Gasteiger charge is 2.26. The van der Waals surface area contributed by atoms with E-state index in [0.717, 1.165) is 10.4 Å². The molecule has 4 nitrogen and oxygen atoms in total. The number of rotatable bonds is 6. The minimum Gasteiger partial charge on any atom is -0.481 e. The number of thiophene rings is 1. The maximum absolute atomic E-state index is 12.2. The van der Waals surface area contributed by atoms with Crippen LogP contribution in [0.2, 0.25) is 4.34 Å². The van der Waals surface area contributed by atoms with E-state index in [1.54, 1.807) is 19.1 Å². The van der Waals surface area contributed by atoms with Crippen LogP contribution in [0.4, 0.5) is 0 Å². The Hall–Kier alpha value is -1.85. The van der Waals surface area contributed by atoms with Gasteiger partial charge < -0.3 is 10.4 Å². The largest absolute Gasteiger partial charge is 0.481 e. The van der Waals surface area contributed by atoms with Crippen molar-refractivity contribution < 1.29 is 14.7 Å². The number of carbonyl (C=O) groups excluding carboxylic acids is 1. The molecular formula is C16H16ClNO3S. The maximum Gasteiger partial charge on any atom is 0.308 e. The Morgan fingerprint density at radius 2 is 1.91 bits per heavy atom. The number of aliphatic carboxylic acids is 1. The van der Waals surface area contributed by atoms with Crippen LogP contribution >= 0.6 is 22.9 Å².